The fourth-order valence-corrected chi connectivity index (χ4v) is 3.35. The maximum Gasteiger partial charge on any atom is 0.122 e. The van der Waals surface area contributed by atoms with Crippen LogP contribution in [0.15, 0.2) is 18.2 Å². The number of nitrogens with zero attached hydrogens (tertiary/aromatic N) is 1. The number of fused-ring (bicyclic) bond motifs is 1. The summed E-state index contributed by atoms with van der Waals surface area (Å²) in [6.45, 7) is 0.843. The lowest BCUT2D eigenvalue weighted by Gasteiger charge is -2.36. The molecular weight excluding hydrogens is 236 g/mol. The number of ether oxygens (including phenoxy) is 1. The van der Waals surface area contributed by atoms with Crippen molar-refractivity contribution < 1.29 is 4.74 Å². The summed E-state index contributed by atoms with van der Waals surface area (Å²) in [5.41, 5.74) is 2.71. The Morgan fingerprint density at radius 2 is 2.00 bits per heavy atom. The average molecular weight is 260 g/mol. The molecule has 0 aromatic heterocycles. The third-order valence-electron chi connectivity index (χ3n) is 4.73. The zero-order valence-electron chi connectivity index (χ0n) is 12.0. The minimum Gasteiger partial charge on any atom is -0.493 e. The van der Waals surface area contributed by atoms with E-state index in [9.17, 15) is 0 Å². The zero-order valence-corrected chi connectivity index (χ0v) is 12.0. The van der Waals surface area contributed by atoms with Crippen LogP contribution in [0.4, 0.5) is 5.69 Å². The molecule has 0 amide bonds. The maximum atomic E-state index is 5.58. The molecule has 3 heteroatoms. The number of anilines is 1. The van der Waals surface area contributed by atoms with Gasteiger partial charge in [0.25, 0.3) is 0 Å². The third kappa shape index (κ3) is 2.57. The molecule has 3 rings (SSSR count). The maximum absolute atomic E-state index is 5.58. The van der Waals surface area contributed by atoms with Crippen LogP contribution in [0.1, 0.15) is 31.2 Å². The minimum atomic E-state index is 0.685. The van der Waals surface area contributed by atoms with E-state index in [0.717, 1.165) is 24.8 Å². The number of benzene rings is 1. The Hall–Kier alpha value is -1.22. The van der Waals surface area contributed by atoms with E-state index >= 15 is 0 Å². The van der Waals surface area contributed by atoms with Gasteiger partial charge in [-0.2, -0.15) is 0 Å². The van der Waals surface area contributed by atoms with Crippen molar-refractivity contribution in [1.82, 2.24) is 5.32 Å². The lowest BCUT2D eigenvalue weighted by atomic mass is 9.90. The van der Waals surface area contributed by atoms with Crippen LogP contribution in [-0.4, -0.2) is 32.8 Å². The predicted molar refractivity (Wildman–Crippen MR) is 79.1 cm³/mol. The quantitative estimate of drug-likeness (QED) is 0.904. The largest absolute Gasteiger partial charge is 0.493 e. The van der Waals surface area contributed by atoms with Gasteiger partial charge >= 0.3 is 0 Å². The molecule has 0 unspecified atom stereocenters. The Kier molecular flexibility index (Phi) is 3.65. The van der Waals surface area contributed by atoms with E-state index in [-0.39, 0.29) is 0 Å². The van der Waals surface area contributed by atoms with Gasteiger partial charge in [-0.25, -0.2) is 0 Å². The smallest absolute Gasteiger partial charge is 0.122 e. The van der Waals surface area contributed by atoms with Crippen molar-refractivity contribution >= 4 is 5.69 Å². The highest BCUT2D eigenvalue weighted by Gasteiger charge is 2.24. The highest BCUT2D eigenvalue weighted by Crippen LogP contribution is 2.32. The molecule has 0 radical (unpaired) electrons. The monoisotopic (exact) mass is 260 g/mol. The molecule has 2 aliphatic rings. The van der Waals surface area contributed by atoms with Crippen molar-refractivity contribution in [3.8, 4) is 5.75 Å². The predicted octanol–water partition coefficient (Wildman–Crippen LogP) is 2.59. The lowest BCUT2D eigenvalue weighted by Crippen LogP contribution is -2.39. The van der Waals surface area contributed by atoms with Crippen LogP contribution in [0.2, 0.25) is 0 Å². The molecule has 0 spiro atoms. The minimum absolute atomic E-state index is 0.685. The third-order valence-corrected chi connectivity index (χ3v) is 4.73. The van der Waals surface area contributed by atoms with E-state index in [1.807, 2.05) is 0 Å². The first-order valence-electron chi connectivity index (χ1n) is 7.44. The summed E-state index contributed by atoms with van der Waals surface area (Å²) in [4.78, 5) is 2.46. The van der Waals surface area contributed by atoms with Gasteiger partial charge in [0.1, 0.15) is 5.75 Å². The fourth-order valence-electron chi connectivity index (χ4n) is 3.35. The second-order valence-corrected chi connectivity index (χ2v) is 5.80. The van der Waals surface area contributed by atoms with Crippen molar-refractivity contribution in [2.24, 2.45) is 0 Å². The highest BCUT2D eigenvalue weighted by molar-refractivity contribution is 5.54. The molecule has 1 heterocycles. The SMILES string of the molecule is CNC1CCC(N(C)c2ccc3c(c2)CCO3)CC1. The van der Waals surface area contributed by atoms with Crippen molar-refractivity contribution in [3.63, 3.8) is 0 Å². The normalized spacial score (nSPS) is 25.8. The van der Waals surface area contributed by atoms with E-state index in [0.29, 0.717) is 6.04 Å². The topological polar surface area (TPSA) is 24.5 Å². The summed E-state index contributed by atoms with van der Waals surface area (Å²) in [5.74, 6) is 1.08. The van der Waals surface area contributed by atoms with E-state index in [4.69, 9.17) is 4.74 Å². The van der Waals surface area contributed by atoms with Crippen LogP contribution < -0.4 is 15.0 Å². The summed E-state index contributed by atoms with van der Waals surface area (Å²) < 4.78 is 5.58. The highest BCUT2D eigenvalue weighted by atomic mass is 16.5. The number of nitrogens with one attached hydrogen (secondary N) is 1. The van der Waals surface area contributed by atoms with Gasteiger partial charge in [-0.3, -0.25) is 0 Å². The van der Waals surface area contributed by atoms with Gasteiger partial charge in [-0.1, -0.05) is 0 Å². The molecule has 1 fully saturated rings. The summed E-state index contributed by atoms with van der Waals surface area (Å²) in [5, 5.41) is 3.40. The Balaban J connectivity index is 1.68. The molecule has 104 valence electrons. The Morgan fingerprint density at radius 3 is 2.74 bits per heavy atom. The van der Waals surface area contributed by atoms with E-state index in [1.165, 1.54) is 36.9 Å². The van der Waals surface area contributed by atoms with Crippen molar-refractivity contribution in [1.29, 1.82) is 0 Å². The molecule has 1 N–H and O–H groups in total. The molecule has 0 saturated heterocycles. The molecule has 1 aromatic carbocycles. The van der Waals surface area contributed by atoms with Crippen LogP contribution >= 0.6 is 0 Å². The van der Waals surface area contributed by atoms with Gasteiger partial charge in [0.2, 0.25) is 0 Å². The van der Waals surface area contributed by atoms with Gasteiger partial charge in [0.05, 0.1) is 6.61 Å². The first-order valence-corrected chi connectivity index (χ1v) is 7.44. The van der Waals surface area contributed by atoms with Gasteiger partial charge < -0.3 is 15.0 Å². The first kappa shape index (κ1) is 12.8. The zero-order chi connectivity index (χ0) is 13.2. The number of hydrogen-bond acceptors (Lipinski definition) is 3. The van der Waals surface area contributed by atoms with Crippen LogP contribution in [0, 0.1) is 0 Å². The van der Waals surface area contributed by atoms with Crippen LogP contribution in [0.3, 0.4) is 0 Å². The van der Waals surface area contributed by atoms with Crippen molar-refractivity contribution in [2.75, 3.05) is 25.6 Å². The van der Waals surface area contributed by atoms with Crippen molar-refractivity contribution in [3.05, 3.63) is 23.8 Å². The second kappa shape index (κ2) is 5.41. The fraction of sp³-hybridized carbons (Fsp3) is 0.625. The van der Waals surface area contributed by atoms with Gasteiger partial charge in [-0.05, 0) is 56.5 Å². The molecular formula is C16H24N2O. The summed E-state index contributed by atoms with van der Waals surface area (Å²) in [6.07, 6.45) is 6.22. The van der Waals surface area contributed by atoms with E-state index in [1.54, 1.807) is 0 Å². The van der Waals surface area contributed by atoms with Crippen LogP contribution in [0.5, 0.6) is 5.75 Å². The summed E-state index contributed by atoms with van der Waals surface area (Å²) >= 11 is 0. The van der Waals surface area contributed by atoms with Gasteiger partial charge in [0, 0.05) is 31.2 Å². The first-order chi connectivity index (χ1) is 9.28. The van der Waals surface area contributed by atoms with E-state index < -0.39 is 0 Å². The molecule has 0 atom stereocenters. The number of hydrogen-bond donors (Lipinski definition) is 1. The standard InChI is InChI=1S/C16H24N2O/c1-17-13-3-5-14(6-4-13)18(2)15-7-8-16-12(11-15)9-10-19-16/h7-8,11,13-14,17H,3-6,9-10H2,1-2H3. The van der Waals surface area contributed by atoms with E-state index in [2.05, 4.69) is 42.5 Å². The lowest BCUT2D eigenvalue weighted by molar-refractivity contribution is 0.351. The molecule has 0 bridgehead atoms. The molecule has 19 heavy (non-hydrogen) atoms. The van der Waals surface area contributed by atoms with Crippen LogP contribution in [0.25, 0.3) is 0 Å². The molecule has 1 aromatic rings. The van der Waals surface area contributed by atoms with Crippen LogP contribution in [-0.2, 0) is 6.42 Å². The molecule has 3 nitrogen and oxygen atoms in total. The summed E-state index contributed by atoms with van der Waals surface area (Å²) in [6, 6.07) is 8.05. The summed E-state index contributed by atoms with van der Waals surface area (Å²) in [7, 11) is 4.32. The Morgan fingerprint density at radius 1 is 1.21 bits per heavy atom. The van der Waals surface area contributed by atoms with Gasteiger partial charge in [0.15, 0.2) is 0 Å². The Labute approximate surface area is 115 Å². The average Bonchev–Trinajstić information content (AvgIpc) is 2.94. The van der Waals surface area contributed by atoms with Crippen molar-refractivity contribution in [2.45, 2.75) is 44.2 Å². The number of rotatable bonds is 3. The molecule has 1 aliphatic carbocycles. The second-order valence-electron chi connectivity index (χ2n) is 5.80. The molecule has 1 saturated carbocycles. The Bertz CT molecular complexity index is 438. The molecule has 1 aliphatic heterocycles. The van der Waals surface area contributed by atoms with Gasteiger partial charge in [-0.15, -0.1) is 0 Å².